The molecule has 0 spiro atoms. The lowest BCUT2D eigenvalue weighted by molar-refractivity contribution is 0.554. The van der Waals surface area contributed by atoms with Gasteiger partial charge in [-0.25, -0.2) is 4.39 Å². The third kappa shape index (κ3) is 3.04. The molecule has 0 fully saturated rings. The van der Waals surface area contributed by atoms with Crippen LogP contribution in [0.15, 0.2) is 35.1 Å². The predicted octanol–water partition coefficient (Wildman–Crippen LogP) is 3.50. The van der Waals surface area contributed by atoms with Gasteiger partial charge in [-0.3, -0.25) is 4.68 Å². The van der Waals surface area contributed by atoms with Crippen molar-refractivity contribution in [1.29, 1.82) is 0 Å². The van der Waals surface area contributed by atoms with Crippen LogP contribution in [0.3, 0.4) is 0 Å². The van der Waals surface area contributed by atoms with Crippen molar-refractivity contribution < 1.29 is 4.39 Å². The Bertz CT molecular complexity index is 553. The molecule has 2 rings (SSSR count). The maximum absolute atomic E-state index is 14.2. The molecule has 0 aliphatic rings. The van der Waals surface area contributed by atoms with Crippen LogP contribution in [0.25, 0.3) is 0 Å². The van der Waals surface area contributed by atoms with Gasteiger partial charge in [-0.05, 0) is 35.5 Å². The molecular weight excluding hydrogens is 309 g/mol. The Hall–Kier alpha value is -1.20. The molecule has 3 nitrogen and oxygen atoms in total. The summed E-state index contributed by atoms with van der Waals surface area (Å²) < 4.78 is 16.6. The van der Waals surface area contributed by atoms with Crippen LogP contribution < -0.4 is 5.32 Å². The zero-order chi connectivity index (χ0) is 13.8. The molecule has 0 saturated carbocycles. The molecule has 1 aromatic carbocycles. The Morgan fingerprint density at radius 1 is 1.42 bits per heavy atom. The van der Waals surface area contributed by atoms with E-state index in [9.17, 15) is 4.39 Å². The Kier molecular flexibility index (Phi) is 4.71. The molecule has 0 aliphatic carbocycles. The van der Waals surface area contributed by atoms with Crippen molar-refractivity contribution in [2.45, 2.75) is 26.4 Å². The second-order valence-electron chi connectivity index (χ2n) is 4.26. The summed E-state index contributed by atoms with van der Waals surface area (Å²) in [5.41, 5.74) is 1.60. The highest BCUT2D eigenvalue weighted by molar-refractivity contribution is 9.10. The molecule has 1 atom stereocenters. The van der Waals surface area contributed by atoms with E-state index in [-0.39, 0.29) is 11.9 Å². The van der Waals surface area contributed by atoms with Crippen LogP contribution in [-0.4, -0.2) is 16.3 Å². The van der Waals surface area contributed by atoms with Crippen molar-refractivity contribution in [3.05, 3.63) is 52.0 Å². The summed E-state index contributed by atoms with van der Waals surface area (Å²) in [4.78, 5) is 0. The highest BCUT2D eigenvalue weighted by Crippen LogP contribution is 2.28. The van der Waals surface area contributed by atoms with Gasteiger partial charge in [-0.2, -0.15) is 5.10 Å². The Balaban J connectivity index is 2.42. The summed E-state index contributed by atoms with van der Waals surface area (Å²) in [6.45, 7) is 5.60. The molecule has 0 aliphatic heterocycles. The molecule has 0 bridgehead atoms. The van der Waals surface area contributed by atoms with E-state index in [4.69, 9.17) is 0 Å². The average molecular weight is 326 g/mol. The monoisotopic (exact) mass is 325 g/mol. The molecule has 1 aromatic heterocycles. The van der Waals surface area contributed by atoms with Crippen LogP contribution in [0, 0.1) is 5.82 Å². The van der Waals surface area contributed by atoms with Gasteiger partial charge in [0.1, 0.15) is 5.82 Å². The third-order valence-electron chi connectivity index (χ3n) is 3.01. The van der Waals surface area contributed by atoms with Gasteiger partial charge in [0.2, 0.25) is 0 Å². The molecule has 0 saturated heterocycles. The van der Waals surface area contributed by atoms with E-state index in [2.05, 4.69) is 26.3 Å². The van der Waals surface area contributed by atoms with Crippen molar-refractivity contribution in [2.24, 2.45) is 0 Å². The Labute approximate surface area is 121 Å². The van der Waals surface area contributed by atoms with Gasteiger partial charge < -0.3 is 5.32 Å². The topological polar surface area (TPSA) is 29.9 Å². The van der Waals surface area contributed by atoms with Crippen molar-refractivity contribution >= 4 is 15.9 Å². The van der Waals surface area contributed by atoms with Crippen molar-refractivity contribution in [3.63, 3.8) is 0 Å². The number of aryl methyl sites for hydroxylation is 1. The van der Waals surface area contributed by atoms with Crippen molar-refractivity contribution in [1.82, 2.24) is 15.1 Å². The van der Waals surface area contributed by atoms with Gasteiger partial charge in [0.05, 0.1) is 16.7 Å². The fourth-order valence-corrected chi connectivity index (χ4v) is 2.44. The molecule has 5 heteroatoms. The van der Waals surface area contributed by atoms with Crippen LogP contribution >= 0.6 is 15.9 Å². The minimum absolute atomic E-state index is 0.178. The van der Waals surface area contributed by atoms with Gasteiger partial charge in [0.15, 0.2) is 0 Å². The smallest absolute Gasteiger partial charge is 0.142 e. The van der Waals surface area contributed by atoms with Crippen LogP contribution in [0.4, 0.5) is 4.39 Å². The third-order valence-corrected chi connectivity index (χ3v) is 3.62. The zero-order valence-electron chi connectivity index (χ0n) is 11.0. The molecule has 1 heterocycles. The van der Waals surface area contributed by atoms with E-state index < -0.39 is 0 Å². The summed E-state index contributed by atoms with van der Waals surface area (Å²) in [6.07, 6.45) is 3.74. The summed E-state index contributed by atoms with van der Waals surface area (Å²) >= 11 is 3.23. The lowest BCUT2D eigenvalue weighted by Gasteiger charge is -2.18. The number of aromatic nitrogens is 2. The molecular formula is C14H17BrFN3. The average Bonchev–Trinajstić information content (AvgIpc) is 2.88. The fourth-order valence-electron chi connectivity index (χ4n) is 2.06. The second-order valence-corrected chi connectivity index (χ2v) is 5.12. The standard InChI is InChI=1S/C14H17BrFN3/c1-3-17-14(10-8-18-19(4-2)9-10)11-6-5-7-12(15)13(11)16/h5-9,14,17H,3-4H2,1-2H3. The van der Waals surface area contributed by atoms with E-state index in [1.54, 1.807) is 18.3 Å². The maximum atomic E-state index is 14.2. The van der Waals surface area contributed by atoms with Gasteiger partial charge in [-0.15, -0.1) is 0 Å². The number of nitrogens with zero attached hydrogens (tertiary/aromatic N) is 2. The normalized spacial score (nSPS) is 12.6. The van der Waals surface area contributed by atoms with Crippen LogP contribution in [0.5, 0.6) is 0 Å². The van der Waals surface area contributed by atoms with Crippen LogP contribution in [0.2, 0.25) is 0 Å². The fraction of sp³-hybridized carbons (Fsp3) is 0.357. The number of halogens is 2. The minimum atomic E-state index is -0.224. The number of nitrogens with one attached hydrogen (secondary N) is 1. The van der Waals surface area contributed by atoms with Gasteiger partial charge in [-0.1, -0.05) is 19.1 Å². The summed E-state index contributed by atoms with van der Waals surface area (Å²) in [5.74, 6) is -0.224. The molecule has 102 valence electrons. The van der Waals surface area contributed by atoms with Gasteiger partial charge in [0, 0.05) is 23.9 Å². The van der Waals surface area contributed by atoms with Gasteiger partial charge >= 0.3 is 0 Å². The first-order valence-electron chi connectivity index (χ1n) is 6.37. The van der Waals surface area contributed by atoms with E-state index in [1.165, 1.54) is 0 Å². The van der Waals surface area contributed by atoms with Gasteiger partial charge in [0.25, 0.3) is 0 Å². The largest absolute Gasteiger partial charge is 0.306 e. The van der Waals surface area contributed by atoms with Crippen molar-refractivity contribution in [2.75, 3.05) is 6.54 Å². The molecule has 2 aromatic rings. The summed E-state index contributed by atoms with van der Waals surface area (Å²) in [5, 5.41) is 7.56. The predicted molar refractivity (Wildman–Crippen MR) is 77.5 cm³/mol. The SMILES string of the molecule is CCNC(c1cnn(CC)c1)c1cccc(Br)c1F. The minimum Gasteiger partial charge on any atom is -0.306 e. The Morgan fingerprint density at radius 2 is 2.21 bits per heavy atom. The number of hydrogen-bond acceptors (Lipinski definition) is 2. The van der Waals surface area contributed by atoms with Crippen LogP contribution in [0.1, 0.15) is 31.0 Å². The van der Waals surface area contributed by atoms with E-state index in [0.717, 1.165) is 18.7 Å². The molecule has 1 unspecified atom stereocenters. The van der Waals surface area contributed by atoms with Crippen molar-refractivity contribution in [3.8, 4) is 0 Å². The summed E-state index contributed by atoms with van der Waals surface area (Å²) in [7, 11) is 0. The highest BCUT2D eigenvalue weighted by atomic mass is 79.9. The highest BCUT2D eigenvalue weighted by Gasteiger charge is 2.19. The van der Waals surface area contributed by atoms with E-state index in [1.807, 2.05) is 30.8 Å². The molecule has 0 amide bonds. The molecule has 0 radical (unpaired) electrons. The summed E-state index contributed by atoms with van der Waals surface area (Å²) in [6, 6.07) is 5.17. The van der Waals surface area contributed by atoms with Crippen LogP contribution in [-0.2, 0) is 6.54 Å². The lowest BCUT2D eigenvalue weighted by atomic mass is 10.0. The zero-order valence-corrected chi connectivity index (χ0v) is 12.6. The Morgan fingerprint density at radius 3 is 2.84 bits per heavy atom. The second kappa shape index (κ2) is 6.30. The first-order chi connectivity index (χ1) is 9.17. The number of benzene rings is 1. The lowest BCUT2D eigenvalue weighted by Crippen LogP contribution is -2.22. The first kappa shape index (κ1) is 14.2. The number of rotatable bonds is 5. The molecule has 1 N–H and O–H groups in total. The first-order valence-corrected chi connectivity index (χ1v) is 7.16. The number of hydrogen-bond donors (Lipinski definition) is 1. The molecule has 19 heavy (non-hydrogen) atoms. The van der Waals surface area contributed by atoms with E-state index in [0.29, 0.717) is 10.0 Å². The maximum Gasteiger partial charge on any atom is 0.142 e. The van der Waals surface area contributed by atoms with E-state index >= 15 is 0 Å². The quantitative estimate of drug-likeness (QED) is 0.911.